The van der Waals surface area contributed by atoms with Crippen molar-refractivity contribution >= 4 is 35.8 Å². The van der Waals surface area contributed by atoms with Crippen molar-refractivity contribution in [3.05, 3.63) is 23.2 Å². The van der Waals surface area contributed by atoms with Gasteiger partial charge in [-0.15, -0.1) is 0 Å². The van der Waals surface area contributed by atoms with Crippen LogP contribution in [0.4, 0.5) is 5.69 Å². The molecule has 3 nitrogen and oxygen atoms in total. The Balaban J connectivity index is 2.35. The molecule has 5 heteroatoms. The van der Waals surface area contributed by atoms with E-state index in [2.05, 4.69) is 12.6 Å². The van der Waals surface area contributed by atoms with Crippen molar-refractivity contribution in [3.63, 3.8) is 0 Å². The second-order valence-corrected chi connectivity index (χ2v) is 5.07. The highest BCUT2D eigenvalue weighted by Crippen LogP contribution is 2.34. The standard InChI is InChI=1S/C12H14ClNO2S/c1-2-16-11-4-3-8(13)5-10(11)14-7-9(17)6-12(14)15/h3-5,9,17H,2,6-7H2,1H3. The summed E-state index contributed by atoms with van der Waals surface area (Å²) in [6, 6.07) is 5.31. The van der Waals surface area contributed by atoms with Gasteiger partial charge in [-0.3, -0.25) is 4.79 Å². The average Bonchev–Trinajstić information content (AvgIpc) is 2.61. The fraction of sp³-hybridized carbons (Fsp3) is 0.417. The van der Waals surface area contributed by atoms with Crippen molar-refractivity contribution in [3.8, 4) is 5.75 Å². The van der Waals surface area contributed by atoms with E-state index in [0.717, 1.165) is 5.69 Å². The number of anilines is 1. The van der Waals surface area contributed by atoms with Crippen LogP contribution < -0.4 is 9.64 Å². The van der Waals surface area contributed by atoms with E-state index in [4.69, 9.17) is 16.3 Å². The normalized spacial score (nSPS) is 19.8. The summed E-state index contributed by atoms with van der Waals surface area (Å²) in [5, 5.41) is 0.676. The van der Waals surface area contributed by atoms with E-state index < -0.39 is 0 Å². The molecular formula is C12H14ClNO2S. The molecule has 1 aliphatic heterocycles. The molecule has 0 saturated carbocycles. The molecule has 1 aliphatic rings. The topological polar surface area (TPSA) is 29.5 Å². The zero-order valence-corrected chi connectivity index (χ0v) is 11.2. The quantitative estimate of drug-likeness (QED) is 0.857. The number of thiol groups is 1. The van der Waals surface area contributed by atoms with Crippen molar-refractivity contribution < 1.29 is 9.53 Å². The van der Waals surface area contributed by atoms with Gasteiger partial charge in [0.1, 0.15) is 5.75 Å². The van der Waals surface area contributed by atoms with Gasteiger partial charge in [0.15, 0.2) is 0 Å². The maximum Gasteiger partial charge on any atom is 0.228 e. The van der Waals surface area contributed by atoms with Gasteiger partial charge in [-0.1, -0.05) is 11.6 Å². The van der Waals surface area contributed by atoms with E-state index in [9.17, 15) is 4.79 Å². The number of carbonyl (C=O) groups excluding carboxylic acids is 1. The second kappa shape index (κ2) is 5.19. The molecule has 1 atom stereocenters. The lowest BCUT2D eigenvalue weighted by Crippen LogP contribution is -2.25. The van der Waals surface area contributed by atoms with Gasteiger partial charge in [0, 0.05) is 23.2 Å². The third-order valence-corrected chi connectivity index (χ3v) is 3.20. The first-order valence-electron chi connectivity index (χ1n) is 5.52. The number of carbonyl (C=O) groups is 1. The maximum absolute atomic E-state index is 11.8. The summed E-state index contributed by atoms with van der Waals surface area (Å²) in [7, 11) is 0. The van der Waals surface area contributed by atoms with Crippen LogP contribution in [-0.4, -0.2) is 24.3 Å². The Labute approximate surface area is 111 Å². The molecule has 0 aromatic heterocycles. The van der Waals surface area contributed by atoms with E-state index in [-0.39, 0.29) is 11.2 Å². The zero-order valence-electron chi connectivity index (χ0n) is 9.52. The molecular weight excluding hydrogens is 258 g/mol. The summed E-state index contributed by atoms with van der Waals surface area (Å²) in [6.07, 6.45) is 0.460. The maximum atomic E-state index is 11.8. The summed E-state index contributed by atoms with van der Waals surface area (Å²) in [5.41, 5.74) is 0.737. The number of ether oxygens (including phenoxy) is 1. The molecule has 0 radical (unpaired) electrons. The number of benzene rings is 1. The SMILES string of the molecule is CCOc1ccc(Cl)cc1N1CC(S)CC1=O. The van der Waals surface area contributed by atoms with Crippen LogP contribution in [-0.2, 0) is 4.79 Å². The molecule has 1 aromatic carbocycles. The Morgan fingerprint density at radius 1 is 1.59 bits per heavy atom. The first kappa shape index (κ1) is 12.6. The molecule has 1 heterocycles. The lowest BCUT2D eigenvalue weighted by Gasteiger charge is -2.20. The highest BCUT2D eigenvalue weighted by molar-refractivity contribution is 7.81. The first-order valence-corrected chi connectivity index (χ1v) is 6.42. The van der Waals surface area contributed by atoms with Gasteiger partial charge in [-0.05, 0) is 25.1 Å². The minimum Gasteiger partial charge on any atom is -0.492 e. The molecule has 0 spiro atoms. The fourth-order valence-corrected chi connectivity index (χ4v) is 2.39. The highest BCUT2D eigenvalue weighted by Gasteiger charge is 2.30. The molecule has 0 aliphatic carbocycles. The van der Waals surface area contributed by atoms with Crippen molar-refractivity contribution in [2.45, 2.75) is 18.6 Å². The molecule has 1 unspecified atom stereocenters. The minimum absolute atomic E-state index is 0.0632. The summed E-state index contributed by atoms with van der Waals surface area (Å²) < 4.78 is 5.51. The van der Waals surface area contributed by atoms with Gasteiger partial charge in [0.2, 0.25) is 5.91 Å². The molecule has 2 rings (SSSR count). The smallest absolute Gasteiger partial charge is 0.228 e. The molecule has 1 saturated heterocycles. The number of hydrogen-bond donors (Lipinski definition) is 1. The van der Waals surface area contributed by atoms with Crippen molar-refractivity contribution in [1.82, 2.24) is 0 Å². The van der Waals surface area contributed by atoms with E-state index in [0.29, 0.717) is 30.3 Å². The van der Waals surface area contributed by atoms with Crippen LogP contribution in [0.3, 0.4) is 0 Å². The van der Waals surface area contributed by atoms with E-state index in [1.165, 1.54) is 0 Å². The van der Waals surface area contributed by atoms with E-state index in [1.807, 2.05) is 6.92 Å². The van der Waals surface area contributed by atoms with Crippen LogP contribution in [0.2, 0.25) is 5.02 Å². The third-order valence-electron chi connectivity index (χ3n) is 2.62. The molecule has 17 heavy (non-hydrogen) atoms. The fourth-order valence-electron chi connectivity index (χ4n) is 1.90. The van der Waals surface area contributed by atoms with Gasteiger partial charge >= 0.3 is 0 Å². The van der Waals surface area contributed by atoms with Gasteiger partial charge in [-0.25, -0.2) is 0 Å². The molecule has 1 amide bonds. The van der Waals surface area contributed by atoms with Crippen molar-refractivity contribution in [2.75, 3.05) is 18.1 Å². The Morgan fingerprint density at radius 3 is 2.94 bits per heavy atom. The van der Waals surface area contributed by atoms with Gasteiger partial charge in [0.05, 0.1) is 12.3 Å². The molecule has 1 fully saturated rings. The second-order valence-electron chi connectivity index (χ2n) is 3.91. The first-order chi connectivity index (χ1) is 8.11. The summed E-state index contributed by atoms with van der Waals surface area (Å²) >= 11 is 10.3. The van der Waals surface area contributed by atoms with Crippen molar-refractivity contribution in [1.29, 1.82) is 0 Å². The van der Waals surface area contributed by atoms with Crippen LogP contribution in [0.5, 0.6) is 5.75 Å². The number of hydrogen-bond acceptors (Lipinski definition) is 3. The Kier molecular flexibility index (Phi) is 3.84. The summed E-state index contributed by atoms with van der Waals surface area (Å²) in [4.78, 5) is 13.5. The predicted molar refractivity (Wildman–Crippen MR) is 72.4 cm³/mol. The van der Waals surface area contributed by atoms with Gasteiger partial charge < -0.3 is 9.64 Å². The van der Waals surface area contributed by atoms with Crippen LogP contribution in [0.1, 0.15) is 13.3 Å². The van der Waals surface area contributed by atoms with Crippen molar-refractivity contribution in [2.24, 2.45) is 0 Å². The largest absolute Gasteiger partial charge is 0.492 e. The van der Waals surface area contributed by atoms with Crippen LogP contribution in [0.25, 0.3) is 0 Å². The number of amides is 1. The molecule has 92 valence electrons. The van der Waals surface area contributed by atoms with Gasteiger partial charge in [-0.2, -0.15) is 12.6 Å². The zero-order chi connectivity index (χ0) is 12.4. The van der Waals surface area contributed by atoms with E-state index >= 15 is 0 Å². The average molecular weight is 272 g/mol. The number of halogens is 1. The van der Waals surface area contributed by atoms with Crippen LogP contribution in [0, 0.1) is 0 Å². The highest BCUT2D eigenvalue weighted by atomic mass is 35.5. The molecule has 0 bridgehead atoms. The Bertz CT molecular complexity index is 439. The minimum atomic E-state index is 0.0632. The predicted octanol–water partition coefficient (Wildman–Crippen LogP) is 2.77. The number of nitrogens with zero attached hydrogens (tertiary/aromatic N) is 1. The summed E-state index contributed by atoms with van der Waals surface area (Å²) in [6.45, 7) is 3.06. The number of rotatable bonds is 3. The summed E-state index contributed by atoms with van der Waals surface area (Å²) in [5.74, 6) is 0.751. The van der Waals surface area contributed by atoms with Gasteiger partial charge in [0.25, 0.3) is 0 Å². The lowest BCUT2D eigenvalue weighted by atomic mass is 10.2. The van der Waals surface area contributed by atoms with E-state index in [1.54, 1.807) is 23.1 Å². The third kappa shape index (κ3) is 2.69. The Hall–Kier alpha value is -0.870. The molecule has 0 N–H and O–H groups in total. The Morgan fingerprint density at radius 2 is 2.35 bits per heavy atom. The monoisotopic (exact) mass is 271 g/mol. The lowest BCUT2D eigenvalue weighted by molar-refractivity contribution is -0.117. The van der Waals surface area contributed by atoms with Crippen LogP contribution >= 0.6 is 24.2 Å². The molecule has 1 aromatic rings. The van der Waals surface area contributed by atoms with Crippen LogP contribution in [0.15, 0.2) is 18.2 Å².